The minimum absolute atomic E-state index is 0.0509. The number of nitrogens with zero attached hydrogens (tertiary/aromatic N) is 2. The van der Waals surface area contributed by atoms with E-state index in [0.29, 0.717) is 24.3 Å². The molecule has 2 N–H and O–H groups in total. The van der Waals surface area contributed by atoms with Crippen molar-refractivity contribution in [3.63, 3.8) is 0 Å². The Bertz CT molecular complexity index is 943. The van der Waals surface area contributed by atoms with Crippen LogP contribution in [0.15, 0.2) is 23.1 Å². The standard InChI is InChI=1S/C18H20FN3O3/c1-18(20-2)8-21(9-18)15-6-14-11(5-13(15)19)16(23)12(17(24)25)7-22(14)10-3-4-10/h5-7,10,20H,3-4,8-9H2,1-2H3,(H,24,25). The van der Waals surface area contributed by atoms with Crippen LogP contribution in [0, 0.1) is 5.82 Å². The summed E-state index contributed by atoms with van der Waals surface area (Å²) in [5.41, 5.74) is 0.0703. The van der Waals surface area contributed by atoms with E-state index in [0.717, 1.165) is 12.8 Å². The molecule has 0 spiro atoms. The van der Waals surface area contributed by atoms with Crippen LogP contribution in [0.25, 0.3) is 10.9 Å². The number of halogens is 1. The molecule has 6 nitrogen and oxygen atoms in total. The minimum Gasteiger partial charge on any atom is -0.477 e. The highest BCUT2D eigenvalue weighted by atomic mass is 19.1. The molecule has 0 unspecified atom stereocenters. The van der Waals surface area contributed by atoms with Gasteiger partial charge in [0.25, 0.3) is 0 Å². The van der Waals surface area contributed by atoms with E-state index in [9.17, 15) is 19.1 Å². The van der Waals surface area contributed by atoms with Gasteiger partial charge in [-0.25, -0.2) is 9.18 Å². The van der Waals surface area contributed by atoms with E-state index in [1.165, 1.54) is 12.3 Å². The molecule has 1 saturated heterocycles. The van der Waals surface area contributed by atoms with Gasteiger partial charge < -0.3 is 19.9 Å². The maximum atomic E-state index is 14.7. The van der Waals surface area contributed by atoms with Crippen molar-refractivity contribution in [3.8, 4) is 0 Å². The molecule has 1 aliphatic carbocycles. The molecule has 7 heteroatoms. The Kier molecular flexibility index (Phi) is 3.40. The number of anilines is 1. The van der Waals surface area contributed by atoms with Crippen LogP contribution < -0.4 is 15.6 Å². The molecule has 25 heavy (non-hydrogen) atoms. The van der Waals surface area contributed by atoms with Crippen LogP contribution in [-0.4, -0.2) is 41.3 Å². The van der Waals surface area contributed by atoms with E-state index in [-0.39, 0.29) is 22.5 Å². The van der Waals surface area contributed by atoms with Gasteiger partial charge in [0.05, 0.1) is 16.7 Å². The van der Waals surface area contributed by atoms with Crippen LogP contribution >= 0.6 is 0 Å². The molecule has 1 saturated carbocycles. The number of hydrogen-bond acceptors (Lipinski definition) is 4. The molecule has 2 fully saturated rings. The number of pyridine rings is 1. The van der Waals surface area contributed by atoms with Crippen molar-refractivity contribution in [2.24, 2.45) is 0 Å². The zero-order valence-electron chi connectivity index (χ0n) is 14.2. The molecule has 0 bridgehead atoms. The Balaban J connectivity index is 1.88. The third kappa shape index (κ3) is 2.50. The van der Waals surface area contributed by atoms with Gasteiger partial charge >= 0.3 is 5.97 Å². The summed E-state index contributed by atoms with van der Waals surface area (Å²) in [6, 6.07) is 3.05. The van der Waals surface area contributed by atoms with Gasteiger partial charge in [-0.2, -0.15) is 0 Å². The average molecular weight is 345 g/mol. The number of rotatable bonds is 4. The molecule has 2 aliphatic rings. The fraction of sp³-hybridized carbons (Fsp3) is 0.444. The summed E-state index contributed by atoms with van der Waals surface area (Å²) in [5.74, 6) is -1.77. The van der Waals surface area contributed by atoms with E-state index in [2.05, 4.69) is 12.2 Å². The van der Waals surface area contributed by atoms with Crippen molar-refractivity contribution in [1.29, 1.82) is 0 Å². The summed E-state index contributed by atoms with van der Waals surface area (Å²) in [6.45, 7) is 3.42. The number of benzene rings is 1. The van der Waals surface area contributed by atoms with Crippen molar-refractivity contribution in [2.45, 2.75) is 31.3 Å². The number of carboxylic acids is 1. The zero-order chi connectivity index (χ0) is 17.9. The summed E-state index contributed by atoms with van der Waals surface area (Å²) in [4.78, 5) is 25.7. The summed E-state index contributed by atoms with van der Waals surface area (Å²) < 4.78 is 16.5. The Morgan fingerprint density at radius 2 is 2.04 bits per heavy atom. The molecule has 0 atom stereocenters. The molecule has 1 aromatic carbocycles. The second kappa shape index (κ2) is 5.29. The van der Waals surface area contributed by atoms with Gasteiger partial charge in [-0.15, -0.1) is 0 Å². The highest BCUT2D eigenvalue weighted by Crippen LogP contribution is 2.39. The van der Waals surface area contributed by atoms with Gasteiger partial charge in [0.15, 0.2) is 0 Å². The van der Waals surface area contributed by atoms with Crippen LogP contribution in [0.4, 0.5) is 10.1 Å². The van der Waals surface area contributed by atoms with Crippen LogP contribution in [0.1, 0.15) is 36.2 Å². The quantitative estimate of drug-likeness (QED) is 0.886. The summed E-state index contributed by atoms with van der Waals surface area (Å²) in [6.07, 6.45) is 3.27. The lowest BCUT2D eigenvalue weighted by atomic mass is 9.91. The van der Waals surface area contributed by atoms with Crippen molar-refractivity contribution in [2.75, 3.05) is 25.0 Å². The smallest absolute Gasteiger partial charge is 0.341 e. The maximum Gasteiger partial charge on any atom is 0.341 e. The number of likely N-dealkylation sites (N-methyl/N-ethyl adjacent to an activating group) is 1. The number of carboxylic acid groups (broad SMARTS) is 1. The fourth-order valence-corrected chi connectivity index (χ4v) is 3.53. The Labute approximate surface area is 143 Å². The molecule has 1 aromatic heterocycles. The van der Waals surface area contributed by atoms with Crippen molar-refractivity contribution < 1.29 is 14.3 Å². The molecular formula is C18H20FN3O3. The zero-order valence-corrected chi connectivity index (χ0v) is 14.2. The maximum absolute atomic E-state index is 14.7. The molecule has 132 valence electrons. The Morgan fingerprint density at radius 1 is 1.36 bits per heavy atom. The number of aromatic nitrogens is 1. The topological polar surface area (TPSA) is 74.6 Å². The average Bonchev–Trinajstić information content (AvgIpc) is 3.37. The monoisotopic (exact) mass is 345 g/mol. The van der Waals surface area contributed by atoms with Gasteiger partial charge in [-0.3, -0.25) is 4.79 Å². The van der Waals surface area contributed by atoms with E-state index in [1.807, 2.05) is 16.5 Å². The first-order chi connectivity index (χ1) is 11.8. The summed E-state index contributed by atoms with van der Waals surface area (Å²) in [5, 5.41) is 12.6. The first-order valence-electron chi connectivity index (χ1n) is 8.38. The van der Waals surface area contributed by atoms with Crippen LogP contribution in [0.3, 0.4) is 0 Å². The first kappa shape index (κ1) is 16.1. The van der Waals surface area contributed by atoms with Crippen LogP contribution in [0.5, 0.6) is 0 Å². The lowest BCUT2D eigenvalue weighted by Gasteiger charge is -2.49. The first-order valence-corrected chi connectivity index (χ1v) is 8.38. The Hall–Kier alpha value is -2.41. The van der Waals surface area contributed by atoms with Crippen LogP contribution in [0.2, 0.25) is 0 Å². The van der Waals surface area contributed by atoms with Gasteiger partial charge in [0.1, 0.15) is 11.4 Å². The normalized spacial score (nSPS) is 19.1. The number of fused-ring (bicyclic) bond motifs is 1. The third-order valence-corrected chi connectivity index (χ3v) is 5.30. The highest BCUT2D eigenvalue weighted by molar-refractivity contribution is 5.93. The molecular weight excluding hydrogens is 325 g/mol. The second-order valence-corrected chi connectivity index (χ2v) is 7.30. The van der Waals surface area contributed by atoms with E-state index < -0.39 is 17.2 Å². The van der Waals surface area contributed by atoms with Gasteiger partial charge in [0, 0.05) is 30.7 Å². The lowest BCUT2D eigenvalue weighted by Crippen LogP contribution is -2.67. The fourth-order valence-electron chi connectivity index (χ4n) is 3.53. The lowest BCUT2D eigenvalue weighted by molar-refractivity contribution is 0.0695. The summed E-state index contributed by atoms with van der Waals surface area (Å²) in [7, 11) is 1.88. The number of nitrogens with one attached hydrogen (secondary N) is 1. The van der Waals surface area contributed by atoms with Gasteiger partial charge in [0.2, 0.25) is 5.43 Å². The van der Waals surface area contributed by atoms with E-state index in [4.69, 9.17) is 0 Å². The van der Waals surface area contributed by atoms with Crippen molar-refractivity contribution in [1.82, 2.24) is 9.88 Å². The van der Waals surface area contributed by atoms with Gasteiger partial charge in [-0.1, -0.05) is 0 Å². The predicted molar refractivity (Wildman–Crippen MR) is 93.1 cm³/mol. The SMILES string of the molecule is CNC1(C)CN(c2cc3c(cc2F)c(=O)c(C(=O)O)cn3C2CC2)C1. The number of aromatic carboxylic acids is 1. The van der Waals surface area contributed by atoms with Gasteiger partial charge in [-0.05, 0) is 38.9 Å². The third-order valence-electron chi connectivity index (χ3n) is 5.30. The largest absolute Gasteiger partial charge is 0.477 e. The molecule has 2 aromatic rings. The van der Waals surface area contributed by atoms with E-state index in [1.54, 1.807) is 6.07 Å². The Morgan fingerprint density at radius 3 is 2.60 bits per heavy atom. The summed E-state index contributed by atoms with van der Waals surface area (Å²) >= 11 is 0. The molecule has 0 radical (unpaired) electrons. The van der Waals surface area contributed by atoms with Crippen molar-refractivity contribution >= 4 is 22.6 Å². The molecule has 0 amide bonds. The molecule has 1 aliphatic heterocycles. The van der Waals surface area contributed by atoms with E-state index >= 15 is 0 Å². The predicted octanol–water partition coefficient (Wildman–Crippen LogP) is 1.97. The van der Waals surface area contributed by atoms with Crippen LogP contribution in [-0.2, 0) is 0 Å². The molecule has 2 heterocycles. The second-order valence-electron chi connectivity index (χ2n) is 7.30. The minimum atomic E-state index is -1.28. The molecule has 4 rings (SSSR count). The number of carbonyl (C=O) groups is 1. The van der Waals surface area contributed by atoms with Crippen molar-refractivity contribution in [3.05, 3.63) is 39.9 Å². The number of hydrogen-bond donors (Lipinski definition) is 2. The highest BCUT2D eigenvalue weighted by Gasteiger charge is 2.38.